The number of anilines is 1. The van der Waals surface area contributed by atoms with E-state index in [1.165, 1.54) is 7.11 Å². The van der Waals surface area contributed by atoms with Gasteiger partial charge in [-0.15, -0.1) is 0 Å². The van der Waals surface area contributed by atoms with E-state index in [9.17, 15) is 4.79 Å². The lowest BCUT2D eigenvalue weighted by Crippen LogP contribution is -2.06. The molecule has 2 aromatic rings. The molecule has 0 aliphatic rings. The second-order valence-electron chi connectivity index (χ2n) is 4.43. The number of para-hydroxylation sites is 1. The molecule has 21 heavy (non-hydrogen) atoms. The van der Waals surface area contributed by atoms with Gasteiger partial charge in [0.05, 0.1) is 18.4 Å². The molecular formula is C16H17NO4. The fourth-order valence-electron chi connectivity index (χ4n) is 1.90. The number of rotatable bonds is 5. The van der Waals surface area contributed by atoms with Gasteiger partial charge in [-0.3, -0.25) is 0 Å². The lowest BCUT2D eigenvalue weighted by Gasteiger charge is -2.11. The van der Waals surface area contributed by atoms with Crippen molar-refractivity contribution in [2.45, 2.75) is 6.42 Å². The lowest BCUT2D eigenvalue weighted by atomic mass is 10.1. The van der Waals surface area contributed by atoms with Crippen LogP contribution in [0.1, 0.15) is 15.9 Å². The van der Waals surface area contributed by atoms with Crippen LogP contribution >= 0.6 is 0 Å². The van der Waals surface area contributed by atoms with Crippen LogP contribution in [0.2, 0.25) is 0 Å². The second kappa shape index (κ2) is 6.76. The molecule has 3 N–H and O–H groups in total. The first-order chi connectivity index (χ1) is 10.2. The fourth-order valence-corrected chi connectivity index (χ4v) is 1.90. The van der Waals surface area contributed by atoms with Crippen LogP contribution < -0.4 is 10.5 Å². The van der Waals surface area contributed by atoms with Crippen molar-refractivity contribution in [1.29, 1.82) is 0 Å². The predicted octanol–water partition coefficient (Wildman–Crippen LogP) is 2.38. The summed E-state index contributed by atoms with van der Waals surface area (Å²) in [4.78, 5) is 11.6. The SMILES string of the molecule is COC(=O)c1cccc(Oc2ccc(CCO)cc2)c1N. The summed E-state index contributed by atoms with van der Waals surface area (Å²) in [7, 11) is 1.30. The Morgan fingerprint density at radius 3 is 2.52 bits per heavy atom. The first kappa shape index (κ1) is 14.9. The van der Waals surface area contributed by atoms with Gasteiger partial charge in [0.2, 0.25) is 0 Å². The average molecular weight is 287 g/mol. The molecule has 0 unspecified atom stereocenters. The number of benzene rings is 2. The average Bonchev–Trinajstić information content (AvgIpc) is 2.51. The zero-order valence-electron chi connectivity index (χ0n) is 11.7. The molecule has 0 bridgehead atoms. The molecule has 0 spiro atoms. The number of aliphatic hydroxyl groups is 1. The summed E-state index contributed by atoms with van der Waals surface area (Å²) in [5, 5.41) is 8.87. The topological polar surface area (TPSA) is 81.8 Å². The largest absolute Gasteiger partial charge is 0.465 e. The number of nitrogens with two attached hydrogens (primary N) is 1. The Hall–Kier alpha value is -2.53. The van der Waals surface area contributed by atoms with Crippen molar-refractivity contribution < 1.29 is 19.4 Å². The molecule has 2 aromatic carbocycles. The maximum absolute atomic E-state index is 11.6. The molecule has 0 atom stereocenters. The molecule has 2 rings (SSSR count). The summed E-state index contributed by atoms with van der Waals surface area (Å²) < 4.78 is 10.3. The van der Waals surface area contributed by atoms with Gasteiger partial charge in [0.25, 0.3) is 0 Å². The summed E-state index contributed by atoms with van der Waals surface area (Å²) >= 11 is 0. The van der Waals surface area contributed by atoms with Crippen molar-refractivity contribution in [2.24, 2.45) is 0 Å². The van der Waals surface area contributed by atoms with Crippen LogP contribution in [-0.4, -0.2) is 24.8 Å². The van der Waals surface area contributed by atoms with E-state index in [-0.39, 0.29) is 17.9 Å². The smallest absolute Gasteiger partial charge is 0.340 e. The Labute approximate surface area is 122 Å². The van der Waals surface area contributed by atoms with Crippen molar-refractivity contribution in [3.05, 3.63) is 53.6 Å². The van der Waals surface area contributed by atoms with Crippen LogP contribution in [0.4, 0.5) is 5.69 Å². The molecule has 110 valence electrons. The van der Waals surface area contributed by atoms with Gasteiger partial charge in [0, 0.05) is 6.61 Å². The van der Waals surface area contributed by atoms with Crippen LogP contribution in [0.25, 0.3) is 0 Å². The Morgan fingerprint density at radius 1 is 1.19 bits per heavy atom. The second-order valence-corrected chi connectivity index (χ2v) is 4.43. The van der Waals surface area contributed by atoms with Crippen molar-refractivity contribution in [2.75, 3.05) is 19.5 Å². The molecule has 0 radical (unpaired) electrons. The standard InChI is InChI=1S/C16H17NO4/c1-20-16(19)13-3-2-4-14(15(13)17)21-12-7-5-11(6-8-12)9-10-18/h2-8,18H,9-10,17H2,1H3. The molecule has 0 fully saturated rings. The highest BCUT2D eigenvalue weighted by atomic mass is 16.5. The molecule has 0 saturated heterocycles. The number of esters is 1. The van der Waals surface area contributed by atoms with E-state index in [4.69, 9.17) is 15.6 Å². The third-order valence-corrected chi connectivity index (χ3v) is 3.02. The van der Waals surface area contributed by atoms with Crippen molar-refractivity contribution in [3.63, 3.8) is 0 Å². The first-order valence-corrected chi connectivity index (χ1v) is 6.50. The van der Waals surface area contributed by atoms with Gasteiger partial charge < -0.3 is 20.3 Å². The number of hydrogen-bond acceptors (Lipinski definition) is 5. The van der Waals surface area contributed by atoms with E-state index in [2.05, 4.69) is 4.74 Å². The van der Waals surface area contributed by atoms with E-state index in [1.807, 2.05) is 12.1 Å². The molecule has 0 aromatic heterocycles. The number of methoxy groups -OCH3 is 1. The molecule has 0 aliphatic carbocycles. The van der Waals surface area contributed by atoms with Crippen LogP contribution in [0.3, 0.4) is 0 Å². The summed E-state index contributed by atoms with van der Waals surface area (Å²) in [6.45, 7) is 0.105. The van der Waals surface area contributed by atoms with Crippen molar-refractivity contribution in [3.8, 4) is 11.5 Å². The molecule has 0 aliphatic heterocycles. The third-order valence-electron chi connectivity index (χ3n) is 3.02. The van der Waals surface area contributed by atoms with Crippen molar-refractivity contribution >= 4 is 11.7 Å². The van der Waals surface area contributed by atoms with Gasteiger partial charge in [-0.05, 0) is 36.2 Å². The number of carbonyl (C=O) groups excluding carboxylic acids is 1. The molecule has 5 heteroatoms. The van der Waals surface area contributed by atoms with Gasteiger partial charge >= 0.3 is 5.97 Å². The van der Waals surface area contributed by atoms with E-state index in [0.29, 0.717) is 17.9 Å². The van der Waals surface area contributed by atoms with Gasteiger partial charge in [0.15, 0.2) is 5.75 Å². The van der Waals surface area contributed by atoms with Crippen LogP contribution in [0.5, 0.6) is 11.5 Å². The highest BCUT2D eigenvalue weighted by Crippen LogP contribution is 2.30. The van der Waals surface area contributed by atoms with E-state index < -0.39 is 5.97 Å². The van der Waals surface area contributed by atoms with E-state index in [0.717, 1.165) is 5.56 Å². The maximum atomic E-state index is 11.6. The summed E-state index contributed by atoms with van der Waals surface area (Å²) in [5.74, 6) is 0.495. The number of hydrogen-bond donors (Lipinski definition) is 2. The highest BCUT2D eigenvalue weighted by molar-refractivity contribution is 5.96. The van der Waals surface area contributed by atoms with Crippen molar-refractivity contribution in [1.82, 2.24) is 0 Å². The minimum absolute atomic E-state index is 0.105. The molecule has 5 nitrogen and oxygen atoms in total. The lowest BCUT2D eigenvalue weighted by molar-refractivity contribution is 0.0601. The molecule has 0 saturated carbocycles. The first-order valence-electron chi connectivity index (χ1n) is 6.50. The predicted molar refractivity (Wildman–Crippen MR) is 79.5 cm³/mol. The minimum Gasteiger partial charge on any atom is -0.465 e. The number of ether oxygens (including phenoxy) is 2. The third kappa shape index (κ3) is 3.52. The Kier molecular flexibility index (Phi) is 4.79. The highest BCUT2D eigenvalue weighted by Gasteiger charge is 2.14. The maximum Gasteiger partial charge on any atom is 0.340 e. The molecule has 0 heterocycles. The van der Waals surface area contributed by atoms with E-state index in [1.54, 1.807) is 30.3 Å². The Balaban J connectivity index is 2.21. The Morgan fingerprint density at radius 2 is 1.90 bits per heavy atom. The van der Waals surface area contributed by atoms with Crippen LogP contribution in [-0.2, 0) is 11.2 Å². The van der Waals surface area contributed by atoms with Gasteiger partial charge in [-0.2, -0.15) is 0 Å². The van der Waals surface area contributed by atoms with E-state index >= 15 is 0 Å². The summed E-state index contributed by atoms with van der Waals surface area (Å²) in [6, 6.07) is 12.3. The molecule has 0 amide bonds. The quantitative estimate of drug-likeness (QED) is 0.652. The number of nitrogen functional groups attached to an aromatic ring is 1. The van der Waals surface area contributed by atoms with Crippen LogP contribution in [0, 0.1) is 0 Å². The normalized spacial score (nSPS) is 10.2. The summed E-state index contributed by atoms with van der Waals surface area (Å²) in [5.41, 5.74) is 7.45. The monoisotopic (exact) mass is 287 g/mol. The molecular weight excluding hydrogens is 270 g/mol. The Bertz CT molecular complexity index is 623. The van der Waals surface area contributed by atoms with Gasteiger partial charge in [0.1, 0.15) is 5.75 Å². The zero-order valence-corrected chi connectivity index (χ0v) is 11.7. The summed E-state index contributed by atoms with van der Waals surface area (Å²) in [6.07, 6.45) is 0.597. The fraction of sp³-hybridized carbons (Fsp3) is 0.188. The zero-order chi connectivity index (χ0) is 15.2. The number of aliphatic hydroxyl groups excluding tert-OH is 1. The van der Waals surface area contributed by atoms with Gasteiger partial charge in [-0.1, -0.05) is 18.2 Å². The van der Waals surface area contributed by atoms with Crippen LogP contribution in [0.15, 0.2) is 42.5 Å². The minimum atomic E-state index is -0.503. The van der Waals surface area contributed by atoms with Gasteiger partial charge in [-0.25, -0.2) is 4.79 Å². The number of carbonyl (C=O) groups is 1.